The molecule has 4 heterocycles. The summed E-state index contributed by atoms with van der Waals surface area (Å²) >= 11 is 0. The molecule has 0 aliphatic carbocycles. The Kier molecular flexibility index (Phi) is 16.5. The van der Waals surface area contributed by atoms with Gasteiger partial charge >= 0.3 is 13.8 Å². The highest BCUT2D eigenvalue weighted by Gasteiger charge is 2.57. The summed E-state index contributed by atoms with van der Waals surface area (Å²) in [4.78, 5) is 51.2. The molecule has 0 amide bonds. The van der Waals surface area contributed by atoms with Crippen molar-refractivity contribution < 1.29 is 77.3 Å². The number of Topliss-reactive ketones (excluding diaryl/α,β-unsaturated/α-hetero) is 1. The standard InChI is InChI=1S/C35H61NO12.H3O4P/c1-16-14-35(15-43-35)32(40)19(4)27(37)18(3)22(7)46-33(41)21(6)31(47-26-13-25(42-11)28(38)23(8)45-26)20(5)30(16)48-34-29(39)24(36(9)10)12-17(2)44-34;1-5(2,3)4/h16-31,34,37-39H,12-15H2,1-11H3;(H3,1,2,3,4)/t16-,17?,18-,19+,20+,21+,22+,23?,24?,25?,26?,27-,28?,29?,30-,31-,34?,35-;/m0./s1. The van der Waals surface area contributed by atoms with Gasteiger partial charge in [-0.2, -0.15) is 0 Å². The summed E-state index contributed by atoms with van der Waals surface area (Å²) in [5.41, 5.74) is -1.10. The zero-order chi connectivity index (χ0) is 40.3. The van der Waals surface area contributed by atoms with Crippen LogP contribution >= 0.6 is 7.82 Å². The molecule has 4 saturated heterocycles. The molecule has 4 rings (SSSR count). The predicted octanol–water partition coefficient (Wildman–Crippen LogP) is 0.980. The van der Waals surface area contributed by atoms with E-state index in [4.69, 9.17) is 52.4 Å². The fourth-order valence-electron chi connectivity index (χ4n) is 7.89. The minimum atomic E-state index is -4.64. The quantitative estimate of drug-likeness (QED) is 0.125. The van der Waals surface area contributed by atoms with Gasteiger partial charge in [-0.15, -0.1) is 0 Å². The van der Waals surface area contributed by atoms with Crippen molar-refractivity contribution in [1.29, 1.82) is 0 Å². The van der Waals surface area contributed by atoms with E-state index in [1.807, 2.05) is 39.8 Å². The van der Waals surface area contributed by atoms with Crippen molar-refractivity contribution in [3.05, 3.63) is 0 Å². The lowest BCUT2D eigenvalue weighted by atomic mass is 9.76. The highest BCUT2D eigenvalue weighted by Crippen LogP contribution is 2.43. The minimum Gasteiger partial charge on any atom is -0.462 e. The van der Waals surface area contributed by atoms with Crippen molar-refractivity contribution in [2.45, 2.75) is 154 Å². The average molecular weight is 786 g/mol. The number of aliphatic hydroxyl groups is 3. The highest BCUT2D eigenvalue weighted by atomic mass is 31.2. The molecule has 4 aliphatic rings. The Hall–Kier alpha value is -1.15. The number of likely N-dealkylation sites (N-methyl/N-ethyl adjacent to an activating group) is 1. The van der Waals surface area contributed by atoms with Crippen molar-refractivity contribution >= 4 is 19.6 Å². The van der Waals surface area contributed by atoms with Crippen LogP contribution in [0.4, 0.5) is 0 Å². The number of methoxy groups -OCH3 is 1. The van der Waals surface area contributed by atoms with Crippen LogP contribution in [0.15, 0.2) is 0 Å². The first-order chi connectivity index (χ1) is 24.4. The molecule has 0 aromatic carbocycles. The molecule has 1 spiro atoms. The summed E-state index contributed by atoms with van der Waals surface area (Å²) in [7, 11) is 0.685. The molecular formula is C35H64NO16P. The van der Waals surface area contributed by atoms with Crippen LogP contribution in [0.5, 0.6) is 0 Å². The van der Waals surface area contributed by atoms with Crippen LogP contribution in [0.25, 0.3) is 0 Å². The molecule has 0 aromatic heterocycles. The first-order valence-corrected chi connectivity index (χ1v) is 20.0. The van der Waals surface area contributed by atoms with Gasteiger partial charge < -0.3 is 68.1 Å². The number of hydrogen-bond donors (Lipinski definition) is 6. The number of carbonyl (C=O) groups excluding carboxylic acids is 2. The Morgan fingerprint density at radius 1 is 0.792 bits per heavy atom. The molecule has 0 saturated carbocycles. The number of phosphoric acid groups is 1. The number of epoxide rings is 1. The third-order valence-electron chi connectivity index (χ3n) is 11.4. The molecule has 0 radical (unpaired) electrons. The van der Waals surface area contributed by atoms with E-state index in [1.165, 1.54) is 7.11 Å². The number of cyclic esters (lactones) is 1. The van der Waals surface area contributed by atoms with Crippen molar-refractivity contribution in [2.75, 3.05) is 27.8 Å². The number of aliphatic hydroxyl groups excluding tert-OH is 3. The van der Waals surface area contributed by atoms with Gasteiger partial charge in [0.15, 0.2) is 24.0 Å². The monoisotopic (exact) mass is 785 g/mol. The van der Waals surface area contributed by atoms with E-state index < -0.39 is 104 Å². The lowest BCUT2D eigenvalue weighted by Crippen LogP contribution is -2.57. The van der Waals surface area contributed by atoms with E-state index in [9.17, 15) is 24.9 Å². The molecule has 6 N–H and O–H groups in total. The van der Waals surface area contributed by atoms with Crippen LogP contribution in [0.3, 0.4) is 0 Å². The van der Waals surface area contributed by atoms with E-state index in [1.54, 1.807) is 34.6 Å². The van der Waals surface area contributed by atoms with Gasteiger partial charge in [-0.25, -0.2) is 4.57 Å². The van der Waals surface area contributed by atoms with Gasteiger partial charge in [0.1, 0.15) is 18.3 Å². The Balaban J connectivity index is 0.00000141. The molecular weight excluding hydrogens is 721 g/mol. The second-order valence-corrected chi connectivity index (χ2v) is 16.8. The number of rotatable bonds is 6. The third-order valence-corrected chi connectivity index (χ3v) is 11.4. The van der Waals surface area contributed by atoms with Gasteiger partial charge in [0.05, 0.1) is 49.1 Å². The topological polar surface area (TPSA) is 244 Å². The van der Waals surface area contributed by atoms with Crippen molar-refractivity contribution in [1.82, 2.24) is 4.90 Å². The Labute approximate surface area is 312 Å². The van der Waals surface area contributed by atoms with E-state index >= 15 is 0 Å². The third kappa shape index (κ3) is 11.9. The summed E-state index contributed by atoms with van der Waals surface area (Å²) in [6, 6.07) is -0.219. The number of hydrogen-bond acceptors (Lipinski definition) is 14. The molecule has 18 heteroatoms. The molecule has 0 aromatic rings. The van der Waals surface area contributed by atoms with Crippen LogP contribution in [0.2, 0.25) is 0 Å². The van der Waals surface area contributed by atoms with E-state index in [0.29, 0.717) is 6.42 Å². The van der Waals surface area contributed by atoms with Crippen LogP contribution in [0.1, 0.15) is 74.7 Å². The number of nitrogens with zero attached hydrogens (tertiary/aromatic N) is 1. The van der Waals surface area contributed by atoms with E-state index in [2.05, 4.69) is 0 Å². The smallest absolute Gasteiger partial charge is 0.462 e. The first-order valence-electron chi connectivity index (χ1n) is 18.4. The summed E-state index contributed by atoms with van der Waals surface area (Å²) in [6.07, 6.45) is -7.15. The normalized spacial score (nSPS) is 46.3. The molecule has 53 heavy (non-hydrogen) atoms. The summed E-state index contributed by atoms with van der Waals surface area (Å²) in [6.45, 7) is 14.6. The zero-order valence-electron chi connectivity index (χ0n) is 32.8. The van der Waals surface area contributed by atoms with Crippen LogP contribution < -0.4 is 0 Å². The van der Waals surface area contributed by atoms with Gasteiger partial charge in [0.2, 0.25) is 0 Å². The number of carbonyl (C=O) groups is 2. The van der Waals surface area contributed by atoms with Crippen LogP contribution in [-0.4, -0.2) is 154 Å². The first kappa shape index (κ1) is 46.2. The van der Waals surface area contributed by atoms with Gasteiger partial charge in [-0.3, -0.25) is 9.59 Å². The molecule has 0 bridgehead atoms. The second-order valence-electron chi connectivity index (χ2n) is 15.8. The second kappa shape index (κ2) is 18.9. The predicted molar refractivity (Wildman–Crippen MR) is 188 cm³/mol. The van der Waals surface area contributed by atoms with Crippen molar-refractivity contribution in [3.8, 4) is 0 Å². The van der Waals surface area contributed by atoms with E-state index in [-0.39, 0.29) is 43.3 Å². The lowest BCUT2D eigenvalue weighted by molar-refractivity contribution is -0.299. The van der Waals surface area contributed by atoms with Gasteiger partial charge in [-0.1, -0.05) is 27.7 Å². The Morgan fingerprint density at radius 3 is 1.91 bits per heavy atom. The van der Waals surface area contributed by atoms with Crippen molar-refractivity contribution in [3.63, 3.8) is 0 Å². The minimum absolute atomic E-state index is 0.198. The van der Waals surface area contributed by atoms with Crippen LogP contribution in [-0.2, 0) is 47.3 Å². The SMILES string of the molecule is COC1CC(O[C@H]2[C@H](C)[C@@H](OC3OC(C)CC(N(C)C)C3O)[C@@H](C)C[C@]3(CO3)C(=O)[C@H](C)[C@@H](O)[C@@H](C)[C@@H](C)OC(=O)[C@@H]2C)OC(C)C1O.O=P(O)(O)O. The van der Waals surface area contributed by atoms with Gasteiger partial charge in [0, 0.05) is 37.3 Å². The highest BCUT2D eigenvalue weighted by molar-refractivity contribution is 7.45. The maximum Gasteiger partial charge on any atom is 0.466 e. The zero-order valence-corrected chi connectivity index (χ0v) is 33.7. The van der Waals surface area contributed by atoms with Crippen LogP contribution in [0, 0.1) is 29.6 Å². The molecule has 18 atom stereocenters. The Morgan fingerprint density at radius 2 is 1.38 bits per heavy atom. The number of ketones is 1. The molecule has 4 fully saturated rings. The number of ether oxygens (including phenoxy) is 7. The van der Waals surface area contributed by atoms with Crippen molar-refractivity contribution in [2.24, 2.45) is 29.6 Å². The summed E-state index contributed by atoms with van der Waals surface area (Å²) in [5, 5.41) is 33.3. The average Bonchev–Trinajstić information content (AvgIpc) is 3.85. The molecule has 8 unspecified atom stereocenters. The fraction of sp³-hybridized carbons (Fsp3) is 0.943. The van der Waals surface area contributed by atoms with E-state index in [0.717, 1.165) is 0 Å². The van der Waals surface area contributed by atoms with Gasteiger partial charge in [0.25, 0.3) is 0 Å². The molecule has 17 nitrogen and oxygen atoms in total. The largest absolute Gasteiger partial charge is 0.466 e. The summed E-state index contributed by atoms with van der Waals surface area (Å²) in [5.74, 6) is -3.74. The maximum atomic E-state index is 13.9. The Bertz CT molecular complexity index is 1240. The summed E-state index contributed by atoms with van der Waals surface area (Å²) < 4.78 is 51.9. The number of esters is 1. The molecule has 310 valence electrons. The maximum absolute atomic E-state index is 13.9. The fourth-order valence-corrected chi connectivity index (χ4v) is 7.89. The van der Waals surface area contributed by atoms with Gasteiger partial charge in [-0.05, 0) is 60.5 Å². The molecule has 4 aliphatic heterocycles. The lowest BCUT2D eigenvalue weighted by Gasteiger charge is -2.46.